The molecule has 2 aromatic heterocycles. The average molecular weight is 435 g/mol. The number of aromatic nitrogens is 1. The van der Waals surface area contributed by atoms with Crippen LogP contribution in [0.3, 0.4) is 0 Å². The summed E-state index contributed by atoms with van der Waals surface area (Å²) in [4.78, 5) is 16.5. The summed E-state index contributed by atoms with van der Waals surface area (Å²) in [5.74, 6) is -0.316. The highest BCUT2D eigenvalue weighted by Gasteiger charge is 2.30. The van der Waals surface area contributed by atoms with Crippen LogP contribution in [0.4, 0.5) is 0 Å². The fraction of sp³-hybridized carbons (Fsp3) is 0.208. The van der Waals surface area contributed by atoms with E-state index in [2.05, 4.69) is 11.1 Å². The lowest BCUT2D eigenvalue weighted by Gasteiger charge is -2.19. The van der Waals surface area contributed by atoms with Gasteiger partial charge in [0.1, 0.15) is 0 Å². The van der Waals surface area contributed by atoms with Gasteiger partial charge in [-0.05, 0) is 36.9 Å². The summed E-state index contributed by atoms with van der Waals surface area (Å²) in [6.45, 7) is 3.95. The molecule has 2 heterocycles. The van der Waals surface area contributed by atoms with Crippen molar-refractivity contribution in [3.8, 4) is 17.2 Å². The van der Waals surface area contributed by atoms with E-state index in [1.807, 2.05) is 61.8 Å². The Morgan fingerprint density at radius 1 is 1.17 bits per heavy atom. The van der Waals surface area contributed by atoms with Crippen molar-refractivity contribution in [3.05, 3.63) is 65.3 Å². The number of carbonyl (C=O) groups excluding carboxylic acids is 1. The molecule has 0 N–H and O–H groups in total. The number of pyridine rings is 1. The Kier molecular flexibility index (Phi) is 5.46. The molecule has 4 nitrogen and oxygen atoms in total. The largest absolute Gasteiger partial charge is 0.466 e. The summed E-state index contributed by atoms with van der Waals surface area (Å²) in [5.41, 5.74) is 2.62. The Morgan fingerprint density at radius 2 is 1.93 bits per heavy atom. The first kappa shape index (κ1) is 20.3. The number of fused-ring (bicyclic) bond motifs is 2. The number of hydrogen-bond donors (Lipinski definition) is 0. The molecule has 30 heavy (non-hydrogen) atoms. The van der Waals surface area contributed by atoms with Crippen molar-refractivity contribution in [2.24, 2.45) is 0 Å². The summed E-state index contributed by atoms with van der Waals surface area (Å²) < 4.78 is 6.07. The zero-order valence-corrected chi connectivity index (χ0v) is 18.2. The van der Waals surface area contributed by atoms with Crippen LogP contribution >= 0.6 is 22.9 Å². The smallest absolute Gasteiger partial charge is 0.307 e. The molecule has 0 aliphatic heterocycles. The van der Waals surface area contributed by atoms with Crippen molar-refractivity contribution in [2.45, 2.75) is 25.1 Å². The van der Waals surface area contributed by atoms with E-state index in [-0.39, 0.29) is 12.4 Å². The maximum atomic E-state index is 12.0. The van der Waals surface area contributed by atoms with Crippen molar-refractivity contribution in [2.75, 3.05) is 6.61 Å². The fourth-order valence-corrected chi connectivity index (χ4v) is 5.00. The Morgan fingerprint density at radius 3 is 2.67 bits per heavy atom. The number of hydrogen-bond acceptors (Lipinski definition) is 5. The predicted molar refractivity (Wildman–Crippen MR) is 122 cm³/mol. The molecule has 1 unspecified atom stereocenters. The Bertz CT molecular complexity index is 1300. The quantitative estimate of drug-likeness (QED) is 0.269. The number of esters is 1. The van der Waals surface area contributed by atoms with Gasteiger partial charge in [-0.25, -0.2) is 0 Å². The molecule has 6 heteroatoms. The third kappa shape index (κ3) is 3.65. The molecule has 1 atom stereocenters. The molecule has 4 rings (SSSR count). The summed E-state index contributed by atoms with van der Waals surface area (Å²) in [6, 6.07) is 16.0. The number of alkyl halides is 1. The van der Waals surface area contributed by atoms with E-state index >= 15 is 0 Å². The molecular weight excluding hydrogens is 416 g/mol. The first-order chi connectivity index (χ1) is 14.4. The molecule has 0 amide bonds. The molecule has 2 aromatic carbocycles. The molecule has 0 saturated heterocycles. The van der Waals surface area contributed by atoms with Crippen molar-refractivity contribution < 1.29 is 9.53 Å². The number of nitrogens with zero attached hydrogens (tertiary/aromatic N) is 2. The minimum atomic E-state index is -0.861. The van der Waals surface area contributed by atoms with Gasteiger partial charge in [-0.3, -0.25) is 9.78 Å². The van der Waals surface area contributed by atoms with E-state index < -0.39 is 4.87 Å². The zero-order chi connectivity index (χ0) is 21.3. The predicted octanol–water partition coefficient (Wildman–Crippen LogP) is 6.40. The summed E-state index contributed by atoms with van der Waals surface area (Å²) >= 11 is 8.28. The van der Waals surface area contributed by atoms with Crippen LogP contribution in [0.15, 0.2) is 54.9 Å². The van der Waals surface area contributed by atoms with Crippen molar-refractivity contribution in [1.82, 2.24) is 4.98 Å². The average Bonchev–Trinajstić information content (AvgIpc) is 3.18. The Hall–Kier alpha value is -2.94. The van der Waals surface area contributed by atoms with E-state index in [0.29, 0.717) is 12.2 Å². The topological polar surface area (TPSA) is 63.0 Å². The number of carbonyl (C=O) groups is 1. The highest BCUT2D eigenvalue weighted by atomic mass is 35.5. The van der Waals surface area contributed by atoms with Crippen molar-refractivity contribution in [1.29, 1.82) is 5.26 Å². The second-order valence-electron chi connectivity index (χ2n) is 7.21. The van der Waals surface area contributed by atoms with Crippen molar-refractivity contribution in [3.63, 3.8) is 0 Å². The summed E-state index contributed by atoms with van der Waals surface area (Å²) in [5, 5.41) is 12.4. The minimum absolute atomic E-state index is 0.0950. The highest BCUT2D eigenvalue weighted by Crippen LogP contribution is 2.43. The fourth-order valence-electron chi connectivity index (χ4n) is 3.63. The van der Waals surface area contributed by atoms with Gasteiger partial charge < -0.3 is 4.74 Å². The van der Waals surface area contributed by atoms with Crippen LogP contribution in [0.2, 0.25) is 0 Å². The van der Waals surface area contributed by atoms with Gasteiger partial charge in [0, 0.05) is 33.6 Å². The maximum absolute atomic E-state index is 12.0. The number of ether oxygens (including phenoxy) is 1. The van der Waals surface area contributed by atoms with Crippen molar-refractivity contribution >= 4 is 49.8 Å². The van der Waals surface area contributed by atoms with Crippen LogP contribution < -0.4 is 0 Å². The van der Waals surface area contributed by atoms with Crippen LogP contribution in [-0.4, -0.2) is 17.6 Å². The second-order valence-corrected chi connectivity index (χ2v) is 9.12. The van der Waals surface area contributed by atoms with Gasteiger partial charge in [0.15, 0.2) is 0 Å². The molecule has 0 bridgehead atoms. The van der Waals surface area contributed by atoms with Gasteiger partial charge in [0.25, 0.3) is 0 Å². The number of halogens is 1. The first-order valence-corrected chi connectivity index (χ1v) is 10.8. The summed E-state index contributed by atoms with van der Waals surface area (Å²) in [7, 11) is 0. The Labute approximate surface area is 183 Å². The first-order valence-electron chi connectivity index (χ1n) is 9.59. The van der Waals surface area contributed by atoms with E-state index in [4.69, 9.17) is 16.3 Å². The molecule has 0 fully saturated rings. The standard InChI is InChI=1S/C24H19ClN2O2S/c1-3-29-23(28)11-24(2,25)22-10-19-20(13-27-14-21(19)30-22)18-9-8-15(12-26)16-6-4-5-7-17(16)18/h4-10,13-14H,3,11H2,1-2H3. The van der Waals surface area contributed by atoms with Gasteiger partial charge in [-0.1, -0.05) is 30.3 Å². The lowest BCUT2D eigenvalue weighted by atomic mass is 9.94. The van der Waals surface area contributed by atoms with Gasteiger partial charge >= 0.3 is 5.97 Å². The Balaban J connectivity index is 1.86. The molecule has 0 aliphatic rings. The van der Waals surface area contributed by atoms with Gasteiger partial charge in [0.05, 0.1) is 34.2 Å². The number of rotatable bonds is 5. The number of nitriles is 1. The molecule has 0 saturated carbocycles. The molecule has 0 spiro atoms. The summed E-state index contributed by atoms with van der Waals surface area (Å²) in [6.07, 6.45) is 3.75. The number of benzene rings is 2. The third-order valence-corrected chi connectivity index (χ3v) is 6.86. The highest BCUT2D eigenvalue weighted by molar-refractivity contribution is 7.19. The van der Waals surface area contributed by atoms with Crippen LogP contribution in [0.1, 0.15) is 30.7 Å². The van der Waals surface area contributed by atoms with E-state index in [0.717, 1.165) is 36.9 Å². The molecule has 0 aliphatic carbocycles. The second kappa shape index (κ2) is 8.06. The molecular formula is C24H19ClN2O2S. The molecule has 150 valence electrons. The van der Waals surface area contributed by atoms with Crippen LogP contribution in [-0.2, 0) is 14.4 Å². The maximum Gasteiger partial charge on any atom is 0.307 e. The van der Waals surface area contributed by atoms with E-state index in [9.17, 15) is 10.1 Å². The lowest BCUT2D eigenvalue weighted by molar-refractivity contribution is -0.143. The van der Waals surface area contributed by atoms with Gasteiger partial charge in [-0.2, -0.15) is 5.26 Å². The van der Waals surface area contributed by atoms with E-state index in [1.54, 1.807) is 6.92 Å². The zero-order valence-electron chi connectivity index (χ0n) is 16.6. The van der Waals surface area contributed by atoms with E-state index in [1.165, 1.54) is 11.3 Å². The van der Waals surface area contributed by atoms with Crippen LogP contribution in [0.5, 0.6) is 0 Å². The third-order valence-electron chi connectivity index (χ3n) is 5.08. The molecule has 4 aromatic rings. The van der Waals surface area contributed by atoms with Crippen LogP contribution in [0, 0.1) is 11.3 Å². The normalized spacial score (nSPS) is 13.1. The van der Waals surface area contributed by atoms with Gasteiger partial charge in [-0.15, -0.1) is 22.9 Å². The number of thiophene rings is 1. The molecule has 0 radical (unpaired) electrons. The lowest BCUT2D eigenvalue weighted by Crippen LogP contribution is -2.19. The SMILES string of the molecule is CCOC(=O)CC(C)(Cl)c1cc2c(-c3ccc(C#N)c4ccccc34)cncc2s1. The monoisotopic (exact) mass is 434 g/mol. The van der Waals surface area contributed by atoms with Crippen LogP contribution in [0.25, 0.3) is 32.0 Å². The van der Waals surface area contributed by atoms with Gasteiger partial charge in [0.2, 0.25) is 0 Å². The minimum Gasteiger partial charge on any atom is -0.466 e.